The lowest BCUT2D eigenvalue weighted by molar-refractivity contribution is 0.233. The summed E-state index contributed by atoms with van der Waals surface area (Å²) in [5, 5.41) is 18.8. The van der Waals surface area contributed by atoms with Gasteiger partial charge in [-0.15, -0.1) is 0 Å². The summed E-state index contributed by atoms with van der Waals surface area (Å²) in [5.41, 5.74) is 5.58. The van der Waals surface area contributed by atoms with Crippen molar-refractivity contribution in [3.63, 3.8) is 0 Å². The van der Waals surface area contributed by atoms with Gasteiger partial charge in [-0.3, -0.25) is 10.6 Å². The Hall–Kier alpha value is -1.54. The third-order valence-electron chi connectivity index (χ3n) is 7.76. The van der Waals surface area contributed by atoms with Crippen LogP contribution in [0.2, 0.25) is 0 Å². The van der Waals surface area contributed by atoms with Gasteiger partial charge in [0.05, 0.1) is 18.3 Å². The van der Waals surface area contributed by atoms with E-state index >= 15 is 0 Å². The maximum atomic E-state index is 13.9. The van der Waals surface area contributed by atoms with Gasteiger partial charge in [-0.2, -0.15) is 0 Å². The van der Waals surface area contributed by atoms with E-state index < -0.39 is 0 Å². The second-order valence-electron chi connectivity index (χ2n) is 9.87. The van der Waals surface area contributed by atoms with Crippen molar-refractivity contribution in [2.45, 2.75) is 76.2 Å². The molecule has 33 heavy (non-hydrogen) atoms. The predicted molar refractivity (Wildman–Crippen MR) is 130 cm³/mol. The third kappa shape index (κ3) is 5.11. The fourth-order valence-electron chi connectivity index (χ4n) is 5.98. The predicted octanol–water partition coefficient (Wildman–Crippen LogP) is 3.61. The summed E-state index contributed by atoms with van der Waals surface area (Å²) in [7, 11) is 1.77. The Labute approximate surface area is 201 Å². The van der Waals surface area contributed by atoms with Crippen LogP contribution in [0.5, 0.6) is 0 Å². The van der Waals surface area contributed by atoms with Crippen LogP contribution in [0.1, 0.15) is 57.8 Å². The molecule has 0 amide bonds. The molecule has 0 saturated carbocycles. The Balaban J connectivity index is 1.39. The Morgan fingerprint density at radius 2 is 2.03 bits per heavy atom. The van der Waals surface area contributed by atoms with Gasteiger partial charge in [0.15, 0.2) is 5.88 Å². The molecule has 5 rings (SSSR count). The summed E-state index contributed by atoms with van der Waals surface area (Å²) in [6, 6.07) is 0.172. The van der Waals surface area contributed by atoms with Gasteiger partial charge < -0.3 is 20.7 Å². The number of ether oxygens (including phenoxy) is 1. The number of allylic oxidation sites excluding steroid dienone is 3. The SMILES string of the molecule is COC1=C([C@@H]2CCC3=C(C2)[C@@H](N[C@H]2CCC(F)=C(Cl)C2)N[C@@H](C2=CCCNC2)N3)CCCN1. The molecule has 0 aromatic heterocycles. The molecule has 0 spiro atoms. The molecule has 6 nitrogen and oxygen atoms in total. The summed E-state index contributed by atoms with van der Waals surface area (Å²) in [6.07, 6.45) is 10.8. The molecule has 0 unspecified atom stereocenters. The van der Waals surface area contributed by atoms with Crippen molar-refractivity contribution in [3.8, 4) is 0 Å². The van der Waals surface area contributed by atoms with Crippen molar-refractivity contribution in [3.05, 3.63) is 45.2 Å². The van der Waals surface area contributed by atoms with Crippen LogP contribution >= 0.6 is 11.6 Å². The standard InChI is InChI=1S/C25H37ClFN5O/c1-33-25-18(5-3-11-29-25)15-6-9-22-19(12-15)24(30-17-7-8-21(27)20(26)13-17)32-23(31-22)16-4-2-10-28-14-16/h4,15,17,23-24,28-32H,2-3,5-14H2,1H3/t15-,17+,23+,24+/m1/s1. The quantitative estimate of drug-likeness (QED) is 0.390. The molecule has 3 aliphatic heterocycles. The van der Waals surface area contributed by atoms with Crippen molar-refractivity contribution in [2.24, 2.45) is 5.92 Å². The Morgan fingerprint density at radius 1 is 1.12 bits per heavy atom. The molecule has 0 bridgehead atoms. The molecule has 5 aliphatic rings. The van der Waals surface area contributed by atoms with Crippen molar-refractivity contribution >= 4 is 11.6 Å². The highest BCUT2D eigenvalue weighted by atomic mass is 35.5. The van der Waals surface area contributed by atoms with E-state index in [9.17, 15) is 4.39 Å². The highest BCUT2D eigenvalue weighted by Gasteiger charge is 2.37. The summed E-state index contributed by atoms with van der Waals surface area (Å²) in [6.45, 7) is 2.93. The zero-order valence-corrected chi connectivity index (χ0v) is 20.3. The average molecular weight is 478 g/mol. The van der Waals surface area contributed by atoms with Gasteiger partial charge in [0.1, 0.15) is 12.0 Å². The van der Waals surface area contributed by atoms with E-state index in [1.165, 1.54) is 22.4 Å². The zero-order chi connectivity index (χ0) is 22.8. The van der Waals surface area contributed by atoms with E-state index in [-0.39, 0.29) is 24.2 Å². The van der Waals surface area contributed by atoms with Gasteiger partial charge in [-0.1, -0.05) is 17.7 Å². The maximum Gasteiger partial charge on any atom is 0.185 e. The molecular formula is C25H37ClFN5O. The van der Waals surface area contributed by atoms with Crippen molar-refractivity contribution in [1.29, 1.82) is 0 Å². The molecule has 3 heterocycles. The molecule has 0 saturated heterocycles. The Kier molecular flexibility index (Phi) is 7.30. The van der Waals surface area contributed by atoms with E-state index in [0.29, 0.717) is 23.8 Å². The molecule has 182 valence electrons. The van der Waals surface area contributed by atoms with Crippen LogP contribution in [0.15, 0.2) is 45.2 Å². The maximum absolute atomic E-state index is 13.9. The smallest absolute Gasteiger partial charge is 0.185 e. The molecule has 0 fully saturated rings. The van der Waals surface area contributed by atoms with Crippen LogP contribution in [-0.4, -0.2) is 45.1 Å². The minimum Gasteiger partial charge on any atom is -0.483 e. The Morgan fingerprint density at radius 3 is 2.82 bits per heavy atom. The lowest BCUT2D eigenvalue weighted by atomic mass is 9.78. The first kappa shape index (κ1) is 23.2. The van der Waals surface area contributed by atoms with Gasteiger partial charge in [-0.25, -0.2) is 4.39 Å². The van der Waals surface area contributed by atoms with E-state index in [2.05, 4.69) is 32.7 Å². The number of hydrogen-bond acceptors (Lipinski definition) is 6. The fraction of sp³-hybridized carbons (Fsp3) is 0.680. The van der Waals surface area contributed by atoms with E-state index in [0.717, 1.165) is 70.5 Å². The summed E-state index contributed by atoms with van der Waals surface area (Å²) in [4.78, 5) is 0. The molecule has 8 heteroatoms. The molecule has 0 radical (unpaired) electrons. The lowest BCUT2D eigenvalue weighted by Crippen LogP contribution is -2.62. The second kappa shape index (κ2) is 10.4. The summed E-state index contributed by atoms with van der Waals surface area (Å²) >= 11 is 6.20. The number of methoxy groups -OCH3 is 1. The first-order chi connectivity index (χ1) is 16.1. The molecule has 2 aliphatic carbocycles. The fourth-order valence-corrected chi connectivity index (χ4v) is 6.27. The van der Waals surface area contributed by atoms with Gasteiger partial charge >= 0.3 is 0 Å². The van der Waals surface area contributed by atoms with E-state index in [1.807, 2.05) is 0 Å². The van der Waals surface area contributed by atoms with Crippen LogP contribution in [-0.2, 0) is 4.74 Å². The number of hydrogen-bond donors (Lipinski definition) is 5. The average Bonchev–Trinajstić information content (AvgIpc) is 2.86. The molecule has 0 aromatic rings. The minimum absolute atomic E-state index is 0.0515. The van der Waals surface area contributed by atoms with Gasteiger partial charge in [0.25, 0.3) is 0 Å². The monoisotopic (exact) mass is 477 g/mol. The largest absolute Gasteiger partial charge is 0.483 e. The zero-order valence-electron chi connectivity index (χ0n) is 19.5. The van der Waals surface area contributed by atoms with Gasteiger partial charge in [0, 0.05) is 37.7 Å². The normalized spacial score (nSPS) is 33.2. The lowest BCUT2D eigenvalue weighted by Gasteiger charge is -2.44. The summed E-state index contributed by atoms with van der Waals surface area (Å²) in [5.74, 6) is 1.32. The minimum atomic E-state index is -0.147. The number of rotatable bonds is 5. The first-order valence-corrected chi connectivity index (χ1v) is 12.9. The van der Waals surface area contributed by atoms with Crippen LogP contribution in [0, 0.1) is 5.92 Å². The molecule has 5 N–H and O–H groups in total. The van der Waals surface area contributed by atoms with Crippen LogP contribution < -0.4 is 26.6 Å². The van der Waals surface area contributed by atoms with E-state index in [1.54, 1.807) is 7.11 Å². The number of nitrogens with one attached hydrogen (secondary N) is 5. The van der Waals surface area contributed by atoms with Gasteiger partial charge in [0.2, 0.25) is 0 Å². The third-order valence-corrected chi connectivity index (χ3v) is 8.12. The van der Waals surface area contributed by atoms with Crippen molar-refractivity contribution in [2.75, 3.05) is 26.7 Å². The highest BCUT2D eigenvalue weighted by Crippen LogP contribution is 2.40. The molecule has 4 atom stereocenters. The molecule has 0 aromatic carbocycles. The van der Waals surface area contributed by atoms with Crippen molar-refractivity contribution in [1.82, 2.24) is 26.6 Å². The summed E-state index contributed by atoms with van der Waals surface area (Å²) < 4.78 is 19.6. The van der Waals surface area contributed by atoms with Crippen LogP contribution in [0.4, 0.5) is 4.39 Å². The Bertz CT molecular complexity index is 882. The van der Waals surface area contributed by atoms with E-state index in [4.69, 9.17) is 16.3 Å². The molecular weight excluding hydrogens is 441 g/mol. The topological polar surface area (TPSA) is 69.4 Å². The van der Waals surface area contributed by atoms with Crippen molar-refractivity contribution < 1.29 is 9.13 Å². The van der Waals surface area contributed by atoms with Gasteiger partial charge in [-0.05, 0) is 74.1 Å². The van der Waals surface area contributed by atoms with Crippen LogP contribution in [0.3, 0.4) is 0 Å². The van der Waals surface area contributed by atoms with Crippen LogP contribution in [0.25, 0.3) is 0 Å². The second-order valence-corrected chi connectivity index (χ2v) is 10.3. The number of halogens is 2. The highest BCUT2D eigenvalue weighted by molar-refractivity contribution is 6.29. The first-order valence-electron chi connectivity index (χ1n) is 12.6.